The van der Waals surface area contributed by atoms with Gasteiger partial charge in [-0.3, -0.25) is 0 Å². The minimum Gasteiger partial charge on any atom is -0.0985 e. The maximum atomic E-state index is 3.84. The largest absolute Gasteiger partial charge is 0.0985 e. The summed E-state index contributed by atoms with van der Waals surface area (Å²) in [6.07, 6.45) is 1.91. The van der Waals surface area contributed by atoms with Gasteiger partial charge in [-0.05, 0) is 42.2 Å². The van der Waals surface area contributed by atoms with Gasteiger partial charge in [-0.25, -0.2) is 0 Å². The molecule has 2 aromatic rings. The quantitative estimate of drug-likeness (QED) is 0.635. The number of hydrogen-bond donors (Lipinski definition) is 0. The predicted octanol–water partition coefficient (Wildman–Crippen LogP) is 5.64. The van der Waals surface area contributed by atoms with Crippen LogP contribution in [0.3, 0.4) is 0 Å². The monoisotopic (exact) mass is 238 g/mol. The minimum absolute atomic E-state index is 1.21. The SMILES string of the molecule is C=Cc1cc(-c2ccc(C)cc2)ccc1C.CC. The Kier molecular flexibility index (Phi) is 5.38. The fourth-order valence-corrected chi connectivity index (χ4v) is 1.79. The van der Waals surface area contributed by atoms with Crippen molar-refractivity contribution >= 4 is 6.08 Å². The van der Waals surface area contributed by atoms with Gasteiger partial charge in [-0.2, -0.15) is 0 Å². The van der Waals surface area contributed by atoms with Crippen molar-refractivity contribution in [3.63, 3.8) is 0 Å². The van der Waals surface area contributed by atoms with Crippen molar-refractivity contribution in [3.05, 3.63) is 65.7 Å². The van der Waals surface area contributed by atoms with Crippen molar-refractivity contribution in [3.8, 4) is 11.1 Å². The Bertz CT molecular complexity index is 504. The normalized spacial score (nSPS) is 9.33. The second kappa shape index (κ2) is 6.80. The highest BCUT2D eigenvalue weighted by molar-refractivity contribution is 5.68. The number of hydrogen-bond acceptors (Lipinski definition) is 0. The topological polar surface area (TPSA) is 0 Å². The molecule has 0 fully saturated rings. The van der Waals surface area contributed by atoms with Crippen LogP contribution < -0.4 is 0 Å². The van der Waals surface area contributed by atoms with E-state index in [0.29, 0.717) is 0 Å². The summed E-state index contributed by atoms with van der Waals surface area (Å²) in [6, 6.07) is 15.1. The second-order valence-corrected chi connectivity index (χ2v) is 4.14. The van der Waals surface area contributed by atoms with Gasteiger partial charge in [0.2, 0.25) is 0 Å². The Morgan fingerprint density at radius 2 is 1.39 bits per heavy atom. The molecule has 0 saturated carbocycles. The zero-order valence-corrected chi connectivity index (χ0v) is 11.8. The van der Waals surface area contributed by atoms with Crippen molar-refractivity contribution < 1.29 is 0 Å². The second-order valence-electron chi connectivity index (χ2n) is 4.14. The Hall–Kier alpha value is -1.82. The van der Waals surface area contributed by atoms with Gasteiger partial charge >= 0.3 is 0 Å². The van der Waals surface area contributed by atoms with Crippen LogP contribution in [0, 0.1) is 13.8 Å². The van der Waals surface area contributed by atoms with E-state index in [1.54, 1.807) is 0 Å². The first kappa shape index (κ1) is 14.2. The average molecular weight is 238 g/mol. The van der Waals surface area contributed by atoms with Crippen LogP contribution in [0.4, 0.5) is 0 Å². The molecule has 0 nitrogen and oxygen atoms in total. The van der Waals surface area contributed by atoms with E-state index in [2.05, 4.69) is 62.9 Å². The molecule has 0 spiro atoms. The van der Waals surface area contributed by atoms with Gasteiger partial charge in [-0.1, -0.05) is 68.5 Å². The first-order valence-corrected chi connectivity index (χ1v) is 6.51. The summed E-state index contributed by atoms with van der Waals surface area (Å²) in [6.45, 7) is 12.1. The first-order chi connectivity index (χ1) is 8.70. The van der Waals surface area contributed by atoms with Gasteiger partial charge in [0, 0.05) is 0 Å². The van der Waals surface area contributed by atoms with Crippen molar-refractivity contribution in [2.45, 2.75) is 27.7 Å². The smallest absolute Gasteiger partial charge is 0.0178 e. The highest BCUT2D eigenvalue weighted by Gasteiger charge is 1.99. The van der Waals surface area contributed by atoms with Crippen molar-refractivity contribution in [2.24, 2.45) is 0 Å². The molecule has 0 radical (unpaired) electrons. The molecule has 0 N–H and O–H groups in total. The lowest BCUT2D eigenvalue weighted by atomic mass is 9.99. The van der Waals surface area contributed by atoms with Gasteiger partial charge in [0.25, 0.3) is 0 Å². The van der Waals surface area contributed by atoms with E-state index in [4.69, 9.17) is 0 Å². The lowest BCUT2D eigenvalue weighted by Crippen LogP contribution is -1.83. The summed E-state index contributed by atoms with van der Waals surface area (Å²) in [5.41, 5.74) is 6.28. The molecule has 0 heteroatoms. The van der Waals surface area contributed by atoms with Gasteiger partial charge in [-0.15, -0.1) is 0 Å². The zero-order chi connectivity index (χ0) is 13.5. The fraction of sp³-hybridized carbons (Fsp3) is 0.222. The van der Waals surface area contributed by atoms with E-state index in [0.717, 1.165) is 0 Å². The van der Waals surface area contributed by atoms with Crippen LogP contribution in [0.1, 0.15) is 30.5 Å². The van der Waals surface area contributed by atoms with Crippen LogP contribution in [0.2, 0.25) is 0 Å². The number of rotatable bonds is 2. The highest BCUT2D eigenvalue weighted by Crippen LogP contribution is 2.23. The van der Waals surface area contributed by atoms with Crippen molar-refractivity contribution in [2.75, 3.05) is 0 Å². The van der Waals surface area contributed by atoms with Gasteiger partial charge in [0.1, 0.15) is 0 Å². The highest BCUT2D eigenvalue weighted by atomic mass is 14.0. The van der Waals surface area contributed by atoms with Gasteiger partial charge in [0.15, 0.2) is 0 Å². The van der Waals surface area contributed by atoms with Crippen LogP contribution in [-0.4, -0.2) is 0 Å². The molecule has 0 unspecified atom stereocenters. The molecule has 0 aliphatic heterocycles. The predicted molar refractivity (Wildman–Crippen MR) is 82.8 cm³/mol. The molecule has 0 saturated heterocycles. The van der Waals surface area contributed by atoms with Crippen LogP contribution >= 0.6 is 0 Å². The van der Waals surface area contributed by atoms with Crippen LogP contribution in [0.5, 0.6) is 0 Å². The molecule has 2 aromatic carbocycles. The number of aryl methyl sites for hydroxylation is 2. The van der Waals surface area contributed by atoms with E-state index in [1.165, 1.54) is 27.8 Å². The molecule has 18 heavy (non-hydrogen) atoms. The Labute approximate surface area is 111 Å². The van der Waals surface area contributed by atoms with Crippen molar-refractivity contribution in [1.29, 1.82) is 0 Å². The molecule has 0 atom stereocenters. The van der Waals surface area contributed by atoms with Crippen LogP contribution in [-0.2, 0) is 0 Å². The van der Waals surface area contributed by atoms with Crippen LogP contribution in [0.15, 0.2) is 49.0 Å². The summed E-state index contributed by atoms with van der Waals surface area (Å²) in [7, 11) is 0. The van der Waals surface area contributed by atoms with Crippen LogP contribution in [0.25, 0.3) is 17.2 Å². The Morgan fingerprint density at radius 3 is 1.94 bits per heavy atom. The van der Waals surface area contributed by atoms with E-state index in [1.807, 2.05) is 19.9 Å². The molecule has 0 amide bonds. The molecule has 0 aromatic heterocycles. The molecule has 0 bridgehead atoms. The molecule has 2 rings (SSSR count). The van der Waals surface area contributed by atoms with E-state index in [-0.39, 0.29) is 0 Å². The summed E-state index contributed by atoms with van der Waals surface area (Å²) in [4.78, 5) is 0. The Balaban J connectivity index is 0.000000771. The van der Waals surface area contributed by atoms with Gasteiger partial charge < -0.3 is 0 Å². The maximum absolute atomic E-state index is 3.84. The molecular formula is C18H22. The molecule has 0 aliphatic rings. The zero-order valence-electron chi connectivity index (χ0n) is 11.8. The lowest BCUT2D eigenvalue weighted by Gasteiger charge is -2.06. The maximum Gasteiger partial charge on any atom is -0.0178 e. The summed E-state index contributed by atoms with van der Waals surface area (Å²) < 4.78 is 0. The molecular weight excluding hydrogens is 216 g/mol. The third-order valence-corrected chi connectivity index (χ3v) is 2.88. The third kappa shape index (κ3) is 3.33. The van der Waals surface area contributed by atoms with E-state index >= 15 is 0 Å². The molecule has 0 heterocycles. The van der Waals surface area contributed by atoms with Gasteiger partial charge in [0.05, 0.1) is 0 Å². The minimum atomic E-state index is 1.21. The third-order valence-electron chi connectivity index (χ3n) is 2.88. The first-order valence-electron chi connectivity index (χ1n) is 6.51. The van der Waals surface area contributed by atoms with Crippen molar-refractivity contribution in [1.82, 2.24) is 0 Å². The Morgan fingerprint density at radius 1 is 0.833 bits per heavy atom. The lowest BCUT2D eigenvalue weighted by molar-refractivity contribution is 1.43. The summed E-state index contributed by atoms with van der Waals surface area (Å²) in [5, 5.41) is 0. The summed E-state index contributed by atoms with van der Waals surface area (Å²) >= 11 is 0. The number of benzene rings is 2. The molecule has 0 aliphatic carbocycles. The molecule has 94 valence electrons. The van der Waals surface area contributed by atoms with E-state index in [9.17, 15) is 0 Å². The standard InChI is InChI=1S/C16H16.C2H6/c1-4-14-11-16(10-7-13(14)3)15-8-5-12(2)6-9-15;1-2/h4-11H,1H2,2-3H3;1-2H3. The van der Waals surface area contributed by atoms with E-state index < -0.39 is 0 Å². The fourth-order valence-electron chi connectivity index (χ4n) is 1.79. The average Bonchev–Trinajstić information content (AvgIpc) is 2.43. The summed E-state index contributed by atoms with van der Waals surface area (Å²) in [5.74, 6) is 0.